The molecule has 0 saturated heterocycles. The first kappa shape index (κ1) is 11.5. The molecule has 3 aliphatic carbocycles. The van der Waals surface area contributed by atoms with Crippen molar-refractivity contribution in [1.82, 2.24) is 5.32 Å². The van der Waals surface area contributed by atoms with Gasteiger partial charge in [0.2, 0.25) is 5.91 Å². The molecule has 0 unspecified atom stereocenters. The molecule has 0 aromatic heterocycles. The number of nitrogens with one attached hydrogen (secondary N) is 1. The van der Waals surface area contributed by atoms with E-state index in [4.69, 9.17) is 0 Å². The van der Waals surface area contributed by atoms with E-state index >= 15 is 0 Å². The third-order valence-electron chi connectivity index (χ3n) is 5.57. The summed E-state index contributed by atoms with van der Waals surface area (Å²) in [6.45, 7) is 0. The maximum atomic E-state index is 12.6. The van der Waals surface area contributed by atoms with Gasteiger partial charge in [0.05, 0.1) is 5.41 Å². The Bertz CT molecular complexity index is 491. The third kappa shape index (κ3) is 1.80. The predicted molar refractivity (Wildman–Crippen MR) is 74.7 cm³/mol. The zero-order chi connectivity index (χ0) is 12.9. The van der Waals surface area contributed by atoms with Crippen molar-refractivity contribution in [1.29, 1.82) is 0 Å². The van der Waals surface area contributed by atoms with Crippen LogP contribution in [0.25, 0.3) is 0 Å². The second-order valence-electron chi connectivity index (χ2n) is 6.70. The minimum Gasteiger partial charge on any atom is -0.352 e. The van der Waals surface area contributed by atoms with E-state index in [-0.39, 0.29) is 11.3 Å². The number of benzene rings is 1. The minimum atomic E-state index is -0.191. The minimum absolute atomic E-state index is 0.191. The highest BCUT2D eigenvalue weighted by Crippen LogP contribution is 2.50. The number of carbonyl (C=O) groups excluding carboxylic acids is 1. The number of hydrogen-bond acceptors (Lipinski definition) is 1. The Morgan fingerprint density at radius 1 is 1.11 bits per heavy atom. The van der Waals surface area contributed by atoms with Crippen LogP contribution in [-0.4, -0.2) is 11.9 Å². The molecule has 3 fully saturated rings. The first-order chi connectivity index (χ1) is 9.28. The first-order valence-corrected chi connectivity index (χ1v) is 7.64. The van der Waals surface area contributed by atoms with Gasteiger partial charge in [0.15, 0.2) is 0 Å². The lowest BCUT2D eigenvalue weighted by Crippen LogP contribution is -2.44. The molecule has 19 heavy (non-hydrogen) atoms. The lowest BCUT2D eigenvalue weighted by molar-refractivity contribution is -0.124. The molecule has 1 aromatic rings. The van der Waals surface area contributed by atoms with Gasteiger partial charge in [-0.1, -0.05) is 36.8 Å². The monoisotopic (exact) mass is 255 g/mol. The summed E-state index contributed by atoms with van der Waals surface area (Å²) in [5.74, 6) is 1.94. The van der Waals surface area contributed by atoms with Crippen molar-refractivity contribution in [3.63, 3.8) is 0 Å². The molecule has 1 aromatic carbocycles. The number of amides is 1. The molecule has 0 aliphatic heterocycles. The van der Waals surface area contributed by atoms with Crippen LogP contribution < -0.4 is 5.32 Å². The number of rotatable bonds is 3. The number of hydrogen-bond donors (Lipinski definition) is 1. The molecule has 1 amide bonds. The molecular weight excluding hydrogens is 234 g/mol. The van der Waals surface area contributed by atoms with E-state index in [1.165, 1.54) is 31.2 Å². The standard InChI is InChI=1S/C17H21NO/c19-16(18-15-11-12-6-7-13(15)10-12)17(8-9-17)14-4-2-1-3-5-14/h1-5,12-13,15H,6-11H2,(H,18,19)/t12-,13+,15-/m0/s1. The Kier molecular flexibility index (Phi) is 2.48. The van der Waals surface area contributed by atoms with Crippen molar-refractivity contribution in [2.45, 2.75) is 50.0 Å². The maximum absolute atomic E-state index is 12.6. The van der Waals surface area contributed by atoms with Gasteiger partial charge in [0.25, 0.3) is 0 Å². The van der Waals surface area contributed by atoms with E-state index in [9.17, 15) is 4.79 Å². The van der Waals surface area contributed by atoms with Crippen LogP contribution in [0, 0.1) is 11.8 Å². The average molecular weight is 255 g/mol. The lowest BCUT2D eigenvalue weighted by Gasteiger charge is -2.26. The molecule has 4 rings (SSSR count). The van der Waals surface area contributed by atoms with Crippen molar-refractivity contribution in [3.8, 4) is 0 Å². The SMILES string of the molecule is O=C(N[C@H]1C[C@H]2CC[C@@H]1C2)C1(c2ccccc2)CC1. The van der Waals surface area contributed by atoms with Crippen LogP contribution in [0.1, 0.15) is 44.1 Å². The predicted octanol–water partition coefficient (Wildman–Crippen LogP) is 3.02. The lowest BCUT2D eigenvalue weighted by atomic mass is 9.91. The van der Waals surface area contributed by atoms with Crippen molar-refractivity contribution in [2.24, 2.45) is 11.8 Å². The third-order valence-corrected chi connectivity index (χ3v) is 5.57. The van der Waals surface area contributed by atoms with Crippen molar-refractivity contribution in [2.75, 3.05) is 0 Å². The van der Waals surface area contributed by atoms with Crippen LogP contribution in [0.4, 0.5) is 0 Å². The van der Waals surface area contributed by atoms with Gasteiger partial charge in [-0.2, -0.15) is 0 Å². The van der Waals surface area contributed by atoms with Crippen LogP contribution in [0.2, 0.25) is 0 Å². The fourth-order valence-corrected chi connectivity index (χ4v) is 4.26. The van der Waals surface area contributed by atoms with Crippen LogP contribution in [-0.2, 0) is 10.2 Å². The number of carbonyl (C=O) groups is 1. The van der Waals surface area contributed by atoms with Crippen molar-refractivity contribution in [3.05, 3.63) is 35.9 Å². The van der Waals surface area contributed by atoms with Gasteiger partial charge in [0.1, 0.15) is 0 Å². The van der Waals surface area contributed by atoms with Crippen molar-refractivity contribution >= 4 is 5.91 Å². The molecule has 0 radical (unpaired) electrons. The van der Waals surface area contributed by atoms with Crippen LogP contribution in [0.3, 0.4) is 0 Å². The molecule has 100 valence electrons. The second-order valence-corrected chi connectivity index (χ2v) is 6.70. The summed E-state index contributed by atoms with van der Waals surface area (Å²) < 4.78 is 0. The molecule has 3 aliphatic rings. The normalized spacial score (nSPS) is 34.2. The maximum Gasteiger partial charge on any atom is 0.230 e. The largest absolute Gasteiger partial charge is 0.352 e. The zero-order valence-corrected chi connectivity index (χ0v) is 11.3. The van der Waals surface area contributed by atoms with E-state index in [0.717, 1.165) is 24.7 Å². The smallest absolute Gasteiger partial charge is 0.230 e. The summed E-state index contributed by atoms with van der Waals surface area (Å²) in [6.07, 6.45) is 7.33. The Morgan fingerprint density at radius 2 is 1.89 bits per heavy atom. The van der Waals surface area contributed by atoms with E-state index in [0.29, 0.717) is 6.04 Å². The second kappa shape index (κ2) is 4.09. The summed E-state index contributed by atoms with van der Waals surface area (Å²) >= 11 is 0. The molecule has 3 saturated carbocycles. The van der Waals surface area contributed by atoms with Crippen LogP contribution in [0.15, 0.2) is 30.3 Å². The van der Waals surface area contributed by atoms with E-state index in [1.54, 1.807) is 0 Å². The molecule has 0 spiro atoms. The Labute approximate surface area is 114 Å². The molecule has 0 heterocycles. The number of fused-ring (bicyclic) bond motifs is 2. The first-order valence-electron chi connectivity index (χ1n) is 7.64. The van der Waals surface area contributed by atoms with Gasteiger partial charge in [0, 0.05) is 6.04 Å². The Morgan fingerprint density at radius 3 is 2.47 bits per heavy atom. The highest BCUT2D eigenvalue weighted by Gasteiger charge is 2.52. The van der Waals surface area contributed by atoms with Gasteiger partial charge < -0.3 is 5.32 Å². The molecule has 1 N–H and O–H groups in total. The summed E-state index contributed by atoms with van der Waals surface area (Å²) in [5.41, 5.74) is 1.01. The zero-order valence-electron chi connectivity index (χ0n) is 11.3. The highest BCUT2D eigenvalue weighted by molar-refractivity contribution is 5.91. The van der Waals surface area contributed by atoms with Gasteiger partial charge in [-0.15, -0.1) is 0 Å². The van der Waals surface area contributed by atoms with Gasteiger partial charge in [-0.3, -0.25) is 4.79 Å². The van der Waals surface area contributed by atoms with E-state index < -0.39 is 0 Å². The van der Waals surface area contributed by atoms with Gasteiger partial charge >= 0.3 is 0 Å². The topological polar surface area (TPSA) is 29.1 Å². The fraction of sp³-hybridized carbons (Fsp3) is 0.588. The van der Waals surface area contributed by atoms with E-state index in [1.807, 2.05) is 18.2 Å². The van der Waals surface area contributed by atoms with Crippen LogP contribution in [0.5, 0.6) is 0 Å². The fourth-order valence-electron chi connectivity index (χ4n) is 4.26. The van der Waals surface area contributed by atoms with Gasteiger partial charge in [-0.25, -0.2) is 0 Å². The summed E-state index contributed by atoms with van der Waals surface area (Å²) in [4.78, 5) is 12.6. The van der Waals surface area contributed by atoms with Crippen molar-refractivity contribution < 1.29 is 4.79 Å². The molecular formula is C17H21NO. The average Bonchev–Trinajstić information content (AvgIpc) is 3.01. The molecule has 3 atom stereocenters. The quantitative estimate of drug-likeness (QED) is 0.883. The summed E-state index contributed by atoms with van der Waals surface area (Å²) in [7, 11) is 0. The molecule has 2 nitrogen and oxygen atoms in total. The van der Waals surface area contributed by atoms with E-state index in [2.05, 4.69) is 17.4 Å². The van der Waals surface area contributed by atoms with Gasteiger partial charge in [-0.05, 0) is 49.5 Å². The molecule has 2 heteroatoms. The Balaban J connectivity index is 1.49. The summed E-state index contributed by atoms with van der Waals surface area (Å²) in [5, 5.41) is 3.37. The Hall–Kier alpha value is -1.31. The van der Waals surface area contributed by atoms with Crippen LogP contribution >= 0.6 is 0 Å². The molecule has 2 bridgehead atoms. The highest BCUT2D eigenvalue weighted by atomic mass is 16.2. The summed E-state index contributed by atoms with van der Waals surface area (Å²) in [6, 6.07) is 10.8.